The van der Waals surface area contributed by atoms with Crippen LogP contribution in [0.5, 0.6) is 11.5 Å². The number of hydrogen-bond acceptors (Lipinski definition) is 4. The van der Waals surface area contributed by atoms with Crippen LogP contribution in [0.15, 0.2) is 72.8 Å². The fourth-order valence-corrected chi connectivity index (χ4v) is 4.65. The summed E-state index contributed by atoms with van der Waals surface area (Å²) in [6.45, 7) is 0. The molecule has 1 heterocycles. The van der Waals surface area contributed by atoms with E-state index in [9.17, 15) is 4.79 Å². The summed E-state index contributed by atoms with van der Waals surface area (Å²) in [6.07, 6.45) is 3.92. The quantitative estimate of drug-likeness (QED) is 0.536. The van der Waals surface area contributed by atoms with Crippen molar-refractivity contribution < 1.29 is 14.3 Å². The van der Waals surface area contributed by atoms with Gasteiger partial charge in [0, 0.05) is 0 Å². The molecular formula is C27H23NO3. The Morgan fingerprint density at radius 3 is 2.48 bits per heavy atom. The molecule has 1 fully saturated rings. The number of ether oxygens (including phenoxy) is 2. The molecule has 4 nitrogen and oxygen atoms in total. The number of nitriles is 1. The predicted molar refractivity (Wildman–Crippen MR) is 118 cm³/mol. The van der Waals surface area contributed by atoms with E-state index in [2.05, 4.69) is 6.07 Å². The third-order valence-corrected chi connectivity index (χ3v) is 6.30. The zero-order valence-electron chi connectivity index (χ0n) is 17.2. The smallest absolute Gasteiger partial charge is 0.170 e. The number of nitrogens with zero attached hydrogens (tertiary/aromatic N) is 1. The molecule has 1 spiro atoms. The van der Waals surface area contributed by atoms with Crippen LogP contribution in [0.4, 0.5) is 0 Å². The van der Waals surface area contributed by atoms with Gasteiger partial charge in [-0.3, -0.25) is 4.79 Å². The monoisotopic (exact) mass is 409 g/mol. The Labute approximate surface area is 182 Å². The standard InChI is InChI=1S/C27H23NO3/c28-18-19-5-4-6-20(15-19)21-9-10-26-24(16-21)25(29)17-27(31-26)13-11-23(12-14-27)30-22-7-2-1-3-8-22/h1-10,15-16,23H,11-14,17H2. The largest absolute Gasteiger partial charge is 0.490 e. The minimum atomic E-state index is -0.428. The van der Waals surface area contributed by atoms with Crippen LogP contribution >= 0.6 is 0 Å². The first kappa shape index (κ1) is 19.4. The van der Waals surface area contributed by atoms with Crippen LogP contribution in [0, 0.1) is 11.3 Å². The number of rotatable bonds is 3. The molecule has 0 saturated heterocycles. The summed E-state index contributed by atoms with van der Waals surface area (Å²) < 4.78 is 12.5. The van der Waals surface area contributed by atoms with Crippen LogP contribution in [-0.2, 0) is 0 Å². The molecule has 154 valence electrons. The third-order valence-electron chi connectivity index (χ3n) is 6.30. The van der Waals surface area contributed by atoms with Crippen molar-refractivity contribution in [2.45, 2.75) is 43.8 Å². The zero-order chi connectivity index (χ0) is 21.3. The van der Waals surface area contributed by atoms with Gasteiger partial charge in [-0.05, 0) is 73.2 Å². The van der Waals surface area contributed by atoms with E-state index < -0.39 is 5.60 Å². The predicted octanol–water partition coefficient (Wildman–Crippen LogP) is 5.95. The van der Waals surface area contributed by atoms with Gasteiger partial charge in [-0.15, -0.1) is 0 Å². The minimum Gasteiger partial charge on any atom is -0.490 e. The Bertz CT molecular complexity index is 1150. The normalized spacial score (nSPS) is 22.3. The van der Waals surface area contributed by atoms with E-state index in [0.29, 0.717) is 23.3 Å². The lowest BCUT2D eigenvalue weighted by Crippen LogP contribution is -2.46. The van der Waals surface area contributed by atoms with Gasteiger partial charge >= 0.3 is 0 Å². The van der Waals surface area contributed by atoms with Gasteiger partial charge in [-0.25, -0.2) is 0 Å². The Balaban J connectivity index is 1.32. The molecule has 0 unspecified atom stereocenters. The lowest BCUT2D eigenvalue weighted by atomic mass is 9.77. The van der Waals surface area contributed by atoms with E-state index in [1.54, 1.807) is 6.07 Å². The Kier molecular flexibility index (Phi) is 4.95. The van der Waals surface area contributed by atoms with Crippen molar-refractivity contribution in [1.82, 2.24) is 0 Å². The molecule has 3 aromatic carbocycles. The topological polar surface area (TPSA) is 59.3 Å². The molecule has 0 radical (unpaired) electrons. The van der Waals surface area contributed by atoms with E-state index in [4.69, 9.17) is 14.7 Å². The summed E-state index contributed by atoms with van der Waals surface area (Å²) in [4.78, 5) is 13.1. The highest BCUT2D eigenvalue weighted by atomic mass is 16.5. The molecule has 1 aliphatic carbocycles. The van der Waals surface area contributed by atoms with Crippen LogP contribution in [0.3, 0.4) is 0 Å². The number of benzene rings is 3. The number of hydrogen-bond donors (Lipinski definition) is 0. The fourth-order valence-electron chi connectivity index (χ4n) is 4.65. The first-order valence-electron chi connectivity index (χ1n) is 10.7. The van der Waals surface area contributed by atoms with Crippen molar-refractivity contribution >= 4 is 5.78 Å². The lowest BCUT2D eigenvalue weighted by Gasteiger charge is -2.42. The summed E-state index contributed by atoms with van der Waals surface area (Å²) in [5.41, 5.74) is 2.65. The highest BCUT2D eigenvalue weighted by Crippen LogP contribution is 2.43. The van der Waals surface area contributed by atoms with E-state index in [1.807, 2.05) is 66.7 Å². The molecule has 2 aliphatic rings. The number of Topliss-reactive ketones (excluding diaryl/α,β-unsaturated/α-hetero) is 1. The van der Waals surface area contributed by atoms with Crippen LogP contribution in [0.2, 0.25) is 0 Å². The molecule has 0 amide bonds. The molecule has 0 atom stereocenters. The molecule has 3 aromatic rings. The van der Waals surface area contributed by atoms with Gasteiger partial charge in [0.15, 0.2) is 5.78 Å². The summed E-state index contributed by atoms with van der Waals surface area (Å²) >= 11 is 0. The third kappa shape index (κ3) is 3.92. The second-order valence-corrected chi connectivity index (χ2v) is 8.42. The van der Waals surface area contributed by atoms with E-state index >= 15 is 0 Å². The highest BCUT2D eigenvalue weighted by Gasteiger charge is 2.43. The second-order valence-electron chi connectivity index (χ2n) is 8.42. The van der Waals surface area contributed by atoms with Gasteiger partial charge in [0.05, 0.1) is 29.7 Å². The maximum atomic E-state index is 13.1. The van der Waals surface area contributed by atoms with Crippen molar-refractivity contribution in [3.05, 3.63) is 83.9 Å². The molecule has 0 aromatic heterocycles. The fraction of sp³-hybridized carbons (Fsp3) is 0.259. The van der Waals surface area contributed by atoms with Crippen molar-refractivity contribution in [3.8, 4) is 28.7 Å². The van der Waals surface area contributed by atoms with Gasteiger partial charge in [-0.2, -0.15) is 5.26 Å². The zero-order valence-corrected chi connectivity index (χ0v) is 17.2. The Morgan fingerprint density at radius 1 is 0.935 bits per heavy atom. The van der Waals surface area contributed by atoms with E-state index in [0.717, 1.165) is 42.6 Å². The van der Waals surface area contributed by atoms with Crippen LogP contribution in [0.1, 0.15) is 48.0 Å². The number of fused-ring (bicyclic) bond motifs is 1. The van der Waals surface area contributed by atoms with E-state index in [1.165, 1.54) is 0 Å². The SMILES string of the molecule is N#Cc1cccc(-c2ccc3c(c2)C(=O)CC2(CCC(Oc4ccccc4)CC2)O3)c1. The summed E-state index contributed by atoms with van der Waals surface area (Å²) in [6, 6.07) is 25.2. The second kappa shape index (κ2) is 7.92. The number of ketones is 1. The number of carbonyl (C=O) groups excluding carboxylic acids is 1. The van der Waals surface area contributed by atoms with E-state index in [-0.39, 0.29) is 11.9 Å². The maximum absolute atomic E-state index is 13.1. The van der Waals surface area contributed by atoms with Gasteiger partial charge < -0.3 is 9.47 Å². The maximum Gasteiger partial charge on any atom is 0.170 e. The average molecular weight is 409 g/mol. The summed E-state index contributed by atoms with van der Waals surface area (Å²) in [5, 5.41) is 9.15. The Morgan fingerprint density at radius 2 is 1.71 bits per heavy atom. The molecule has 4 heteroatoms. The van der Waals surface area contributed by atoms with Crippen molar-refractivity contribution in [2.75, 3.05) is 0 Å². The number of para-hydroxylation sites is 1. The summed E-state index contributed by atoms with van der Waals surface area (Å²) in [5.74, 6) is 1.68. The molecule has 0 N–H and O–H groups in total. The summed E-state index contributed by atoms with van der Waals surface area (Å²) in [7, 11) is 0. The van der Waals surface area contributed by atoms with Crippen LogP contribution < -0.4 is 9.47 Å². The van der Waals surface area contributed by atoms with Gasteiger partial charge in [0.25, 0.3) is 0 Å². The van der Waals surface area contributed by atoms with Gasteiger partial charge in [0.1, 0.15) is 17.1 Å². The first-order chi connectivity index (χ1) is 15.1. The first-order valence-corrected chi connectivity index (χ1v) is 10.7. The van der Waals surface area contributed by atoms with Crippen molar-refractivity contribution in [1.29, 1.82) is 5.26 Å². The Hall–Kier alpha value is -3.58. The molecule has 5 rings (SSSR count). The molecule has 1 aliphatic heterocycles. The lowest BCUT2D eigenvalue weighted by molar-refractivity contribution is -0.0137. The highest BCUT2D eigenvalue weighted by molar-refractivity contribution is 6.01. The molecule has 1 saturated carbocycles. The molecule has 0 bridgehead atoms. The van der Waals surface area contributed by atoms with Crippen molar-refractivity contribution in [2.24, 2.45) is 0 Å². The van der Waals surface area contributed by atoms with Crippen molar-refractivity contribution in [3.63, 3.8) is 0 Å². The van der Waals surface area contributed by atoms with Gasteiger partial charge in [-0.1, -0.05) is 36.4 Å². The average Bonchev–Trinajstić information content (AvgIpc) is 2.81. The van der Waals surface area contributed by atoms with Gasteiger partial charge in [0.2, 0.25) is 0 Å². The minimum absolute atomic E-state index is 0.127. The van der Waals surface area contributed by atoms with Crippen LogP contribution in [-0.4, -0.2) is 17.5 Å². The number of carbonyl (C=O) groups is 1. The molecular weight excluding hydrogens is 386 g/mol. The van der Waals surface area contributed by atoms with Crippen LogP contribution in [0.25, 0.3) is 11.1 Å². The molecule has 31 heavy (non-hydrogen) atoms.